The average molecular weight is 228 g/mol. The number of unbranched alkanes of at least 4 members (excludes halogenated alkanes) is 2. The molecule has 0 heterocycles. The summed E-state index contributed by atoms with van der Waals surface area (Å²) >= 11 is 0. The van der Waals surface area contributed by atoms with Crippen molar-refractivity contribution < 1.29 is 9.59 Å². The molecule has 0 unspecified atom stereocenters. The van der Waals surface area contributed by atoms with E-state index in [0.29, 0.717) is 0 Å². The fraction of sp³-hybridized carbons (Fsp3) is 0.833. The van der Waals surface area contributed by atoms with Crippen LogP contribution in [0.1, 0.15) is 46.5 Å². The molecule has 0 aromatic heterocycles. The first-order valence-corrected chi connectivity index (χ1v) is 6.14. The Morgan fingerprint density at radius 3 is 1.94 bits per heavy atom. The van der Waals surface area contributed by atoms with Crippen LogP contribution in [-0.2, 0) is 4.79 Å². The van der Waals surface area contributed by atoms with Crippen LogP contribution in [-0.4, -0.2) is 36.3 Å². The van der Waals surface area contributed by atoms with Gasteiger partial charge in [0.1, 0.15) is 5.78 Å². The molecule has 0 rings (SSSR count). The van der Waals surface area contributed by atoms with Gasteiger partial charge < -0.3 is 10.2 Å². The van der Waals surface area contributed by atoms with Gasteiger partial charge in [-0.2, -0.15) is 0 Å². The fourth-order valence-corrected chi connectivity index (χ4v) is 1.32. The number of urea groups is 1. The van der Waals surface area contributed by atoms with E-state index in [9.17, 15) is 9.59 Å². The summed E-state index contributed by atoms with van der Waals surface area (Å²) in [6.45, 7) is 7.37. The fourth-order valence-electron chi connectivity index (χ4n) is 1.32. The van der Waals surface area contributed by atoms with E-state index in [2.05, 4.69) is 19.2 Å². The molecule has 0 aliphatic carbocycles. The highest BCUT2D eigenvalue weighted by atomic mass is 16.2. The molecule has 0 aliphatic rings. The summed E-state index contributed by atoms with van der Waals surface area (Å²) < 4.78 is 0. The smallest absolute Gasteiger partial charge is 0.317 e. The minimum Gasteiger partial charge on any atom is -0.331 e. The summed E-state index contributed by atoms with van der Waals surface area (Å²) in [6, 6.07) is -0.114. The lowest BCUT2D eigenvalue weighted by molar-refractivity contribution is -0.116. The highest BCUT2D eigenvalue weighted by Gasteiger charge is 2.11. The number of nitrogens with one attached hydrogen (secondary N) is 1. The van der Waals surface area contributed by atoms with E-state index in [0.717, 1.165) is 38.8 Å². The molecule has 0 spiro atoms. The van der Waals surface area contributed by atoms with Crippen molar-refractivity contribution in [3.8, 4) is 0 Å². The second-order valence-electron chi connectivity index (χ2n) is 4.05. The van der Waals surface area contributed by atoms with Gasteiger partial charge in [-0.3, -0.25) is 4.79 Å². The third-order valence-corrected chi connectivity index (χ3v) is 2.34. The lowest BCUT2D eigenvalue weighted by atomic mass is 10.3. The molecule has 0 saturated carbocycles. The largest absolute Gasteiger partial charge is 0.331 e. The molecule has 2 amide bonds. The van der Waals surface area contributed by atoms with E-state index in [4.69, 9.17) is 0 Å². The normalized spacial score (nSPS) is 9.94. The number of carbonyl (C=O) groups excluding carboxylic acids is 2. The van der Waals surface area contributed by atoms with Crippen LogP contribution < -0.4 is 5.32 Å². The van der Waals surface area contributed by atoms with Gasteiger partial charge in [0, 0.05) is 13.1 Å². The molecule has 0 fully saturated rings. The molecule has 0 aromatic rings. The molecule has 16 heavy (non-hydrogen) atoms. The monoisotopic (exact) mass is 228 g/mol. The maximum atomic E-state index is 11.7. The van der Waals surface area contributed by atoms with E-state index >= 15 is 0 Å². The van der Waals surface area contributed by atoms with Crippen molar-refractivity contribution in [2.24, 2.45) is 0 Å². The van der Waals surface area contributed by atoms with E-state index < -0.39 is 0 Å². The molecular weight excluding hydrogens is 204 g/mol. The van der Waals surface area contributed by atoms with Crippen LogP contribution in [0.4, 0.5) is 4.79 Å². The number of ketones is 1. The van der Waals surface area contributed by atoms with Crippen molar-refractivity contribution in [3.63, 3.8) is 0 Å². The van der Waals surface area contributed by atoms with Crippen LogP contribution in [0.25, 0.3) is 0 Å². The lowest BCUT2D eigenvalue weighted by Crippen LogP contribution is -2.42. The van der Waals surface area contributed by atoms with Crippen LogP contribution in [0.15, 0.2) is 0 Å². The molecule has 4 heteroatoms. The first-order valence-electron chi connectivity index (χ1n) is 6.14. The highest BCUT2D eigenvalue weighted by Crippen LogP contribution is 1.99. The van der Waals surface area contributed by atoms with Gasteiger partial charge in [0.25, 0.3) is 0 Å². The van der Waals surface area contributed by atoms with Crippen LogP contribution in [0, 0.1) is 0 Å². The minimum absolute atomic E-state index is 0.0146. The van der Waals surface area contributed by atoms with Gasteiger partial charge in [-0.15, -0.1) is 0 Å². The van der Waals surface area contributed by atoms with Crippen molar-refractivity contribution in [2.45, 2.75) is 46.5 Å². The SMILES string of the molecule is CCCCN(CCCC)C(=O)NCC(C)=O. The molecule has 0 radical (unpaired) electrons. The minimum atomic E-state index is -0.114. The predicted octanol–water partition coefficient (Wildman–Crippen LogP) is 2.19. The predicted molar refractivity (Wildman–Crippen MR) is 65.5 cm³/mol. The molecule has 1 N–H and O–H groups in total. The maximum absolute atomic E-state index is 11.7. The molecule has 0 aliphatic heterocycles. The maximum Gasteiger partial charge on any atom is 0.317 e. The van der Waals surface area contributed by atoms with Crippen LogP contribution in [0.3, 0.4) is 0 Å². The summed E-state index contributed by atoms with van der Waals surface area (Å²) in [5.74, 6) is -0.0146. The zero-order valence-corrected chi connectivity index (χ0v) is 10.7. The number of amides is 2. The Labute approximate surface area is 98.4 Å². The van der Waals surface area contributed by atoms with Gasteiger partial charge in [0.15, 0.2) is 0 Å². The van der Waals surface area contributed by atoms with Crippen LogP contribution in [0.5, 0.6) is 0 Å². The Morgan fingerprint density at radius 1 is 1.06 bits per heavy atom. The molecule has 4 nitrogen and oxygen atoms in total. The van der Waals surface area contributed by atoms with E-state index in [1.807, 2.05) is 0 Å². The zero-order valence-electron chi connectivity index (χ0n) is 10.7. The average Bonchev–Trinajstić information content (AvgIpc) is 2.26. The highest BCUT2D eigenvalue weighted by molar-refractivity contribution is 5.83. The molecule has 0 aromatic carbocycles. The van der Waals surface area contributed by atoms with Gasteiger partial charge in [0.05, 0.1) is 6.54 Å². The van der Waals surface area contributed by atoms with Gasteiger partial charge in [-0.1, -0.05) is 26.7 Å². The number of rotatable bonds is 8. The Morgan fingerprint density at radius 2 is 1.56 bits per heavy atom. The zero-order chi connectivity index (χ0) is 12.4. The van der Waals surface area contributed by atoms with Crippen molar-refractivity contribution in [1.82, 2.24) is 10.2 Å². The topological polar surface area (TPSA) is 49.4 Å². The summed E-state index contributed by atoms with van der Waals surface area (Å²) in [5, 5.41) is 2.64. The molecule has 0 atom stereocenters. The standard InChI is InChI=1S/C12H24N2O2/c1-4-6-8-14(9-7-5-2)12(16)13-10-11(3)15/h4-10H2,1-3H3,(H,13,16). The second kappa shape index (κ2) is 9.19. The Kier molecular flexibility index (Phi) is 8.58. The summed E-state index contributed by atoms with van der Waals surface area (Å²) in [5.41, 5.74) is 0. The molecule has 0 saturated heterocycles. The molecule has 94 valence electrons. The molecular formula is C12H24N2O2. The Hall–Kier alpha value is -1.06. The van der Waals surface area contributed by atoms with Crippen molar-refractivity contribution in [3.05, 3.63) is 0 Å². The Bertz CT molecular complexity index is 209. The Balaban J connectivity index is 4.03. The summed E-state index contributed by atoms with van der Waals surface area (Å²) in [4.78, 5) is 24.3. The molecule has 0 bridgehead atoms. The van der Waals surface area contributed by atoms with E-state index in [1.54, 1.807) is 4.90 Å². The van der Waals surface area contributed by atoms with Crippen LogP contribution in [0.2, 0.25) is 0 Å². The van der Waals surface area contributed by atoms with Crippen molar-refractivity contribution >= 4 is 11.8 Å². The van der Waals surface area contributed by atoms with E-state index in [1.165, 1.54) is 6.92 Å². The van der Waals surface area contributed by atoms with Gasteiger partial charge in [-0.25, -0.2) is 4.79 Å². The number of Topliss-reactive ketones (excluding diaryl/α,β-unsaturated/α-hetero) is 1. The number of nitrogens with zero attached hydrogens (tertiary/aromatic N) is 1. The van der Waals surface area contributed by atoms with Crippen LogP contribution >= 0.6 is 0 Å². The van der Waals surface area contributed by atoms with Gasteiger partial charge in [0.2, 0.25) is 0 Å². The van der Waals surface area contributed by atoms with Gasteiger partial charge >= 0.3 is 6.03 Å². The quantitative estimate of drug-likeness (QED) is 0.692. The second-order valence-corrected chi connectivity index (χ2v) is 4.05. The number of hydrogen-bond acceptors (Lipinski definition) is 2. The summed E-state index contributed by atoms with van der Waals surface area (Å²) in [7, 11) is 0. The van der Waals surface area contributed by atoms with Gasteiger partial charge in [-0.05, 0) is 19.8 Å². The first-order chi connectivity index (χ1) is 7.61. The van der Waals surface area contributed by atoms with Crippen molar-refractivity contribution in [1.29, 1.82) is 0 Å². The van der Waals surface area contributed by atoms with Crippen molar-refractivity contribution in [2.75, 3.05) is 19.6 Å². The lowest BCUT2D eigenvalue weighted by Gasteiger charge is -2.22. The summed E-state index contributed by atoms with van der Waals surface area (Å²) in [6.07, 6.45) is 4.17. The number of hydrogen-bond donors (Lipinski definition) is 1. The van der Waals surface area contributed by atoms with E-state index in [-0.39, 0.29) is 18.4 Å². The number of carbonyl (C=O) groups is 2. The third kappa shape index (κ3) is 7.26. The first kappa shape index (κ1) is 14.9. The third-order valence-electron chi connectivity index (χ3n) is 2.34.